The van der Waals surface area contributed by atoms with Gasteiger partial charge in [-0.1, -0.05) is 51.1 Å². The van der Waals surface area contributed by atoms with Gasteiger partial charge in [0.1, 0.15) is 0 Å². The Morgan fingerprint density at radius 2 is 1.86 bits per heavy atom. The molecule has 21 heavy (non-hydrogen) atoms. The van der Waals surface area contributed by atoms with Gasteiger partial charge in [-0.25, -0.2) is 4.79 Å². The van der Waals surface area contributed by atoms with E-state index in [1.165, 1.54) is 0 Å². The predicted octanol–water partition coefficient (Wildman–Crippen LogP) is 3.71. The molecule has 0 saturated heterocycles. The minimum atomic E-state index is -0.501. The van der Waals surface area contributed by atoms with Crippen LogP contribution in [0.25, 0.3) is 0 Å². The minimum absolute atomic E-state index is 0.0283. The van der Waals surface area contributed by atoms with Crippen LogP contribution in [0.3, 0.4) is 0 Å². The molecule has 1 aromatic rings. The second kappa shape index (κ2) is 5.47. The van der Waals surface area contributed by atoms with Crippen LogP contribution < -0.4 is 0 Å². The molecule has 0 spiro atoms. The van der Waals surface area contributed by atoms with Gasteiger partial charge in [-0.2, -0.15) is 0 Å². The zero-order valence-corrected chi connectivity index (χ0v) is 13.1. The third-order valence-corrected chi connectivity index (χ3v) is 4.80. The number of Topliss-reactive ketones (excluding diaryl/α,β-unsaturated/α-hetero) is 1. The number of benzene rings is 1. The van der Waals surface area contributed by atoms with Crippen LogP contribution in [0.15, 0.2) is 36.4 Å². The molecule has 1 aliphatic carbocycles. The van der Waals surface area contributed by atoms with E-state index in [2.05, 4.69) is 6.08 Å². The average Bonchev–Trinajstić information content (AvgIpc) is 2.71. The van der Waals surface area contributed by atoms with Crippen LogP contribution in [0.5, 0.6) is 0 Å². The molecule has 1 aliphatic rings. The van der Waals surface area contributed by atoms with Gasteiger partial charge in [-0.15, -0.1) is 0 Å². The fourth-order valence-corrected chi connectivity index (χ4v) is 2.68. The van der Waals surface area contributed by atoms with Crippen molar-refractivity contribution in [3.8, 4) is 0 Å². The lowest BCUT2D eigenvalue weighted by Crippen LogP contribution is -2.40. The van der Waals surface area contributed by atoms with Crippen LogP contribution in [0, 0.1) is 17.8 Å². The quantitative estimate of drug-likeness (QED) is 0.626. The van der Waals surface area contributed by atoms with Gasteiger partial charge in [0, 0.05) is 5.41 Å². The Morgan fingerprint density at radius 3 is 2.43 bits per heavy atom. The lowest BCUT2D eigenvalue weighted by Gasteiger charge is -2.36. The molecule has 0 radical (unpaired) electrons. The molecule has 0 bridgehead atoms. The number of aryl methyl sites for hydroxylation is 1. The van der Waals surface area contributed by atoms with E-state index in [-0.39, 0.29) is 17.8 Å². The maximum atomic E-state index is 12.5. The maximum Gasteiger partial charge on any atom is 0.338 e. The first-order valence-electron chi connectivity index (χ1n) is 7.22. The van der Waals surface area contributed by atoms with Gasteiger partial charge < -0.3 is 4.74 Å². The van der Waals surface area contributed by atoms with E-state index < -0.39 is 11.4 Å². The summed E-state index contributed by atoms with van der Waals surface area (Å²) in [5.41, 5.74) is 0.654. The fourth-order valence-electron chi connectivity index (χ4n) is 2.68. The van der Waals surface area contributed by atoms with Crippen molar-refractivity contribution in [1.82, 2.24) is 0 Å². The largest absolute Gasteiger partial charge is 0.454 e. The number of hydrogen-bond acceptors (Lipinski definition) is 3. The SMILES string of the molecule is Cc1ccccc1C(=O)OCC(=O)[C@]1(C)CC=CC1(C)C. The van der Waals surface area contributed by atoms with Crippen molar-refractivity contribution in [3.05, 3.63) is 47.5 Å². The number of allylic oxidation sites excluding steroid dienone is 2. The van der Waals surface area contributed by atoms with E-state index in [1.807, 2.05) is 45.9 Å². The summed E-state index contributed by atoms with van der Waals surface area (Å²) in [6.45, 7) is 7.70. The lowest BCUT2D eigenvalue weighted by molar-refractivity contribution is -0.135. The first-order valence-corrected chi connectivity index (χ1v) is 7.22. The van der Waals surface area contributed by atoms with Crippen LogP contribution in [0.4, 0.5) is 0 Å². The summed E-state index contributed by atoms with van der Waals surface area (Å²) in [5, 5.41) is 0. The molecule has 3 nitrogen and oxygen atoms in total. The molecule has 112 valence electrons. The monoisotopic (exact) mass is 286 g/mol. The molecule has 0 saturated carbocycles. The third-order valence-electron chi connectivity index (χ3n) is 4.80. The second-order valence-corrected chi connectivity index (χ2v) is 6.47. The summed E-state index contributed by atoms with van der Waals surface area (Å²) < 4.78 is 5.23. The van der Waals surface area contributed by atoms with Crippen molar-refractivity contribution in [2.75, 3.05) is 6.61 Å². The summed E-state index contributed by atoms with van der Waals surface area (Å²) in [6, 6.07) is 7.22. The van der Waals surface area contributed by atoms with Gasteiger partial charge in [0.05, 0.1) is 5.56 Å². The van der Waals surface area contributed by atoms with Crippen LogP contribution >= 0.6 is 0 Å². The smallest absolute Gasteiger partial charge is 0.338 e. The highest BCUT2D eigenvalue weighted by Gasteiger charge is 2.47. The molecule has 3 heteroatoms. The van der Waals surface area contributed by atoms with E-state index in [1.54, 1.807) is 12.1 Å². The zero-order valence-electron chi connectivity index (χ0n) is 13.1. The van der Waals surface area contributed by atoms with Crippen LogP contribution in [0.1, 0.15) is 43.1 Å². The Bertz CT molecular complexity index is 598. The molecule has 0 unspecified atom stereocenters. The summed E-state index contributed by atoms with van der Waals surface area (Å²) in [4.78, 5) is 24.5. The van der Waals surface area contributed by atoms with E-state index in [0.717, 1.165) is 5.56 Å². The van der Waals surface area contributed by atoms with Crippen molar-refractivity contribution in [3.63, 3.8) is 0 Å². The highest BCUT2D eigenvalue weighted by Crippen LogP contribution is 2.48. The standard InChI is InChI=1S/C18H22O3/c1-13-8-5-6-9-14(13)16(20)21-12-15(19)18(4)11-7-10-17(18,2)3/h5-10H,11-12H2,1-4H3/t18-/m0/s1. The van der Waals surface area contributed by atoms with Gasteiger partial charge >= 0.3 is 5.97 Å². The van der Waals surface area contributed by atoms with Crippen molar-refractivity contribution in [1.29, 1.82) is 0 Å². The molecule has 0 aromatic heterocycles. The molecule has 0 fully saturated rings. The lowest BCUT2D eigenvalue weighted by atomic mass is 9.66. The van der Waals surface area contributed by atoms with Gasteiger partial charge in [-0.3, -0.25) is 4.79 Å². The Labute approximate surface area is 126 Å². The normalized spacial score (nSPS) is 23.0. The molecule has 2 rings (SSSR count). The van der Waals surface area contributed by atoms with Gasteiger partial charge in [0.2, 0.25) is 0 Å². The number of esters is 1. The number of carbonyl (C=O) groups is 2. The Kier molecular flexibility index (Phi) is 4.04. The minimum Gasteiger partial charge on any atom is -0.454 e. The third kappa shape index (κ3) is 2.78. The van der Waals surface area contributed by atoms with Crippen molar-refractivity contribution < 1.29 is 14.3 Å². The average molecular weight is 286 g/mol. The number of hydrogen-bond donors (Lipinski definition) is 0. The zero-order chi connectivity index (χ0) is 15.7. The number of ketones is 1. The van der Waals surface area contributed by atoms with Gasteiger partial charge in [0.15, 0.2) is 12.4 Å². The van der Waals surface area contributed by atoms with Crippen molar-refractivity contribution in [2.24, 2.45) is 10.8 Å². The first-order chi connectivity index (χ1) is 9.78. The number of ether oxygens (including phenoxy) is 1. The summed E-state index contributed by atoms with van der Waals surface area (Å²) in [5.74, 6) is -0.465. The summed E-state index contributed by atoms with van der Waals surface area (Å²) in [7, 11) is 0. The van der Waals surface area contributed by atoms with Gasteiger partial charge in [0.25, 0.3) is 0 Å². The fraction of sp³-hybridized carbons (Fsp3) is 0.444. The topological polar surface area (TPSA) is 43.4 Å². The molecule has 0 N–H and O–H groups in total. The molecule has 1 atom stereocenters. The first kappa shape index (κ1) is 15.5. The molecule has 1 aromatic carbocycles. The van der Waals surface area contributed by atoms with Crippen LogP contribution in [-0.2, 0) is 9.53 Å². The Balaban J connectivity index is 2.03. The Morgan fingerprint density at radius 1 is 1.19 bits per heavy atom. The highest BCUT2D eigenvalue weighted by molar-refractivity contribution is 5.94. The molecular formula is C18H22O3. The predicted molar refractivity (Wildman–Crippen MR) is 82.1 cm³/mol. The van der Waals surface area contributed by atoms with E-state index >= 15 is 0 Å². The molecule has 0 heterocycles. The van der Waals surface area contributed by atoms with E-state index in [4.69, 9.17) is 4.74 Å². The summed E-state index contributed by atoms with van der Waals surface area (Å²) in [6.07, 6.45) is 4.79. The van der Waals surface area contributed by atoms with E-state index in [0.29, 0.717) is 12.0 Å². The highest BCUT2D eigenvalue weighted by atomic mass is 16.5. The van der Waals surface area contributed by atoms with Gasteiger partial charge in [-0.05, 0) is 30.4 Å². The molecule has 0 amide bonds. The van der Waals surface area contributed by atoms with Crippen LogP contribution in [0.2, 0.25) is 0 Å². The molecule has 0 aliphatic heterocycles. The van der Waals surface area contributed by atoms with E-state index in [9.17, 15) is 9.59 Å². The maximum absolute atomic E-state index is 12.5. The number of rotatable bonds is 4. The summed E-state index contributed by atoms with van der Waals surface area (Å²) >= 11 is 0. The van der Waals surface area contributed by atoms with Crippen LogP contribution in [-0.4, -0.2) is 18.4 Å². The van der Waals surface area contributed by atoms with Crippen molar-refractivity contribution >= 4 is 11.8 Å². The number of carbonyl (C=O) groups excluding carboxylic acids is 2. The molecular weight excluding hydrogens is 264 g/mol. The van der Waals surface area contributed by atoms with Crippen molar-refractivity contribution in [2.45, 2.75) is 34.1 Å². The Hall–Kier alpha value is -1.90. The second-order valence-electron chi connectivity index (χ2n) is 6.47.